The molecule has 1 amide bonds. The van der Waals surface area contributed by atoms with Gasteiger partial charge in [0.15, 0.2) is 0 Å². The SMILES string of the molecule is COc1ccc(Nc2cc(C)nc(Nc3ccc(NC(=O)c4cc([N+](=O)[O-])cc([N+](=O)[O-])c4)cc3)n2)cc1. The first-order valence-electron chi connectivity index (χ1n) is 11.1. The number of anilines is 5. The number of benzene rings is 3. The van der Waals surface area contributed by atoms with Crippen molar-refractivity contribution in [3.63, 3.8) is 0 Å². The van der Waals surface area contributed by atoms with Crippen LogP contribution in [0.2, 0.25) is 0 Å². The summed E-state index contributed by atoms with van der Waals surface area (Å²) >= 11 is 0. The normalized spacial score (nSPS) is 10.4. The van der Waals surface area contributed by atoms with Crippen molar-refractivity contribution in [1.82, 2.24) is 9.97 Å². The van der Waals surface area contributed by atoms with E-state index in [1.54, 1.807) is 37.4 Å². The first-order chi connectivity index (χ1) is 18.2. The predicted octanol–water partition coefficient (Wildman–Crippen LogP) is 5.35. The number of aryl methyl sites for hydroxylation is 1. The number of carbonyl (C=O) groups excluding carboxylic acids is 1. The average Bonchev–Trinajstić information content (AvgIpc) is 2.89. The fraction of sp³-hybridized carbons (Fsp3) is 0.0800. The zero-order chi connectivity index (χ0) is 27.2. The standard InChI is InChI=1S/C25H21N7O6/c1-15-11-23(27-17-7-9-22(38-2)10-8-17)30-25(26-15)29-19-5-3-18(4-6-19)28-24(33)16-12-20(31(34)35)14-21(13-16)32(36)37/h3-14H,1-2H3,(H,28,33)(H2,26,27,29,30). The van der Waals surface area contributed by atoms with Crippen molar-refractivity contribution in [2.45, 2.75) is 6.92 Å². The molecule has 0 unspecified atom stereocenters. The molecule has 13 nitrogen and oxygen atoms in total. The van der Waals surface area contributed by atoms with E-state index in [1.807, 2.05) is 31.2 Å². The highest BCUT2D eigenvalue weighted by atomic mass is 16.6. The number of nitro benzene ring substituents is 2. The number of nitrogens with zero attached hydrogens (tertiary/aromatic N) is 4. The number of carbonyl (C=O) groups is 1. The van der Waals surface area contributed by atoms with Crippen LogP contribution in [0, 0.1) is 27.2 Å². The van der Waals surface area contributed by atoms with Crippen molar-refractivity contribution in [2.24, 2.45) is 0 Å². The monoisotopic (exact) mass is 515 g/mol. The molecular formula is C25H21N7O6. The van der Waals surface area contributed by atoms with Crippen LogP contribution in [0.1, 0.15) is 16.1 Å². The molecule has 0 aliphatic rings. The summed E-state index contributed by atoms with van der Waals surface area (Å²) in [4.78, 5) is 42.0. The summed E-state index contributed by atoms with van der Waals surface area (Å²) in [6, 6.07) is 18.5. The van der Waals surface area contributed by atoms with E-state index in [2.05, 4.69) is 25.9 Å². The molecular weight excluding hydrogens is 494 g/mol. The second-order valence-corrected chi connectivity index (χ2v) is 7.98. The second kappa shape index (κ2) is 11.0. The molecule has 1 aromatic heterocycles. The number of nitro groups is 2. The minimum Gasteiger partial charge on any atom is -0.497 e. The van der Waals surface area contributed by atoms with Crippen LogP contribution in [-0.2, 0) is 0 Å². The molecule has 0 spiro atoms. The average molecular weight is 515 g/mol. The number of hydrogen-bond donors (Lipinski definition) is 3. The number of rotatable bonds is 9. The molecule has 4 rings (SSSR count). The highest BCUT2D eigenvalue weighted by Crippen LogP contribution is 2.25. The molecule has 13 heteroatoms. The summed E-state index contributed by atoms with van der Waals surface area (Å²) in [6.07, 6.45) is 0. The minimum absolute atomic E-state index is 0.210. The lowest BCUT2D eigenvalue weighted by atomic mass is 10.1. The molecule has 3 N–H and O–H groups in total. The van der Waals surface area contributed by atoms with E-state index in [9.17, 15) is 25.0 Å². The molecule has 0 atom stereocenters. The van der Waals surface area contributed by atoms with E-state index in [0.29, 0.717) is 23.1 Å². The number of ether oxygens (including phenoxy) is 1. The summed E-state index contributed by atoms with van der Waals surface area (Å²) in [7, 11) is 1.60. The summed E-state index contributed by atoms with van der Waals surface area (Å²) in [5, 5.41) is 31.0. The Balaban J connectivity index is 1.45. The molecule has 0 bridgehead atoms. The summed E-state index contributed by atoms with van der Waals surface area (Å²) in [5.74, 6) is 0.943. The zero-order valence-corrected chi connectivity index (χ0v) is 20.2. The van der Waals surface area contributed by atoms with Crippen LogP contribution in [-0.4, -0.2) is 32.8 Å². The van der Waals surface area contributed by atoms with Gasteiger partial charge in [-0.15, -0.1) is 0 Å². The maximum atomic E-state index is 12.6. The molecule has 0 radical (unpaired) electrons. The topological polar surface area (TPSA) is 174 Å². The van der Waals surface area contributed by atoms with E-state index in [0.717, 1.165) is 35.3 Å². The van der Waals surface area contributed by atoms with Crippen molar-refractivity contribution in [3.05, 3.63) is 104 Å². The second-order valence-electron chi connectivity index (χ2n) is 7.98. The lowest BCUT2D eigenvalue weighted by Crippen LogP contribution is -2.12. The van der Waals surface area contributed by atoms with Crippen molar-refractivity contribution in [3.8, 4) is 5.75 Å². The summed E-state index contributed by atoms with van der Waals surface area (Å²) in [5.41, 5.74) is 1.25. The van der Waals surface area contributed by atoms with Gasteiger partial charge in [0.25, 0.3) is 17.3 Å². The maximum absolute atomic E-state index is 12.6. The van der Waals surface area contributed by atoms with Crippen LogP contribution < -0.4 is 20.7 Å². The van der Waals surface area contributed by atoms with Gasteiger partial charge in [0.1, 0.15) is 11.6 Å². The molecule has 3 aromatic carbocycles. The highest BCUT2D eigenvalue weighted by Gasteiger charge is 2.20. The van der Waals surface area contributed by atoms with Crippen molar-refractivity contribution in [1.29, 1.82) is 0 Å². The van der Waals surface area contributed by atoms with E-state index >= 15 is 0 Å². The highest BCUT2D eigenvalue weighted by molar-refractivity contribution is 6.05. The van der Waals surface area contributed by atoms with Gasteiger partial charge >= 0.3 is 0 Å². The van der Waals surface area contributed by atoms with Gasteiger partial charge in [-0.05, 0) is 55.5 Å². The lowest BCUT2D eigenvalue weighted by Gasteiger charge is -2.11. The van der Waals surface area contributed by atoms with Gasteiger partial charge in [0.2, 0.25) is 5.95 Å². The minimum atomic E-state index is -0.796. The Morgan fingerprint density at radius 1 is 0.789 bits per heavy atom. The largest absolute Gasteiger partial charge is 0.497 e. The number of aromatic nitrogens is 2. The zero-order valence-electron chi connectivity index (χ0n) is 20.2. The molecule has 0 saturated carbocycles. The predicted molar refractivity (Wildman–Crippen MR) is 140 cm³/mol. The Bertz CT molecular complexity index is 1480. The molecule has 38 heavy (non-hydrogen) atoms. The number of methoxy groups -OCH3 is 1. The molecule has 0 saturated heterocycles. The number of amides is 1. The third kappa shape index (κ3) is 6.34. The van der Waals surface area contributed by atoms with Gasteiger partial charge in [-0.3, -0.25) is 25.0 Å². The van der Waals surface area contributed by atoms with Gasteiger partial charge in [-0.2, -0.15) is 4.98 Å². The van der Waals surface area contributed by atoms with E-state index in [4.69, 9.17) is 4.74 Å². The summed E-state index contributed by atoms with van der Waals surface area (Å²) < 4.78 is 5.17. The Hall–Kier alpha value is -5.59. The molecule has 4 aromatic rings. The fourth-order valence-corrected chi connectivity index (χ4v) is 3.42. The van der Waals surface area contributed by atoms with Crippen LogP contribution in [0.4, 0.5) is 40.2 Å². The van der Waals surface area contributed by atoms with Crippen molar-refractivity contribution >= 4 is 46.1 Å². The number of nitrogens with one attached hydrogen (secondary N) is 3. The van der Waals surface area contributed by atoms with Crippen LogP contribution in [0.15, 0.2) is 72.8 Å². The van der Waals surface area contributed by atoms with Gasteiger partial charge in [0.05, 0.1) is 28.6 Å². The molecule has 0 aliphatic heterocycles. The van der Waals surface area contributed by atoms with Gasteiger partial charge in [0, 0.05) is 41.0 Å². The quantitative estimate of drug-likeness (QED) is 0.195. The smallest absolute Gasteiger partial charge is 0.277 e. The van der Waals surface area contributed by atoms with Crippen molar-refractivity contribution in [2.75, 3.05) is 23.1 Å². The fourth-order valence-electron chi connectivity index (χ4n) is 3.42. The maximum Gasteiger partial charge on any atom is 0.277 e. The third-order valence-electron chi connectivity index (χ3n) is 5.20. The van der Waals surface area contributed by atoms with Crippen LogP contribution in [0.5, 0.6) is 5.75 Å². The van der Waals surface area contributed by atoms with Gasteiger partial charge in [-0.25, -0.2) is 4.98 Å². The summed E-state index contributed by atoms with van der Waals surface area (Å²) in [6.45, 7) is 1.84. The van der Waals surface area contributed by atoms with E-state index in [-0.39, 0.29) is 5.56 Å². The Kier molecular flexibility index (Phi) is 7.38. The van der Waals surface area contributed by atoms with Crippen molar-refractivity contribution < 1.29 is 19.4 Å². The van der Waals surface area contributed by atoms with E-state index < -0.39 is 27.1 Å². The molecule has 0 aliphatic carbocycles. The number of non-ortho nitro benzene ring substituents is 2. The first kappa shape index (κ1) is 25.5. The molecule has 0 fully saturated rings. The first-order valence-corrected chi connectivity index (χ1v) is 11.1. The van der Waals surface area contributed by atoms with Crippen LogP contribution in [0.3, 0.4) is 0 Å². The Labute approximate surface area is 215 Å². The number of hydrogen-bond acceptors (Lipinski definition) is 10. The molecule has 1 heterocycles. The Morgan fingerprint density at radius 3 is 1.92 bits per heavy atom. The van der Waals surface area contributed by atoms with E-state index in [1.165, 1.54) is 0 Å². The molecule has 192 valence electrons. The Morgan fingerprint density at radius 2 is 1.34 bits per heavy atom. The van der Waals surface area contributed by atoms with Crippen LogP contribution >= 0.6 is 0 Å². The van der Waals surface area contributed by atoms with Gasteiger partial charge < -0.3 is 20.7 Å². The lowest BCUT2D eigenvalue weighted by molar-refractivity contribution is -0.394. The third-order valence-corrected chi connectivity index (χ3v) is 5.20. The van der Waals surface area contributed by atoms with Gasteiger partial charge in [-0.1, -0.05) is 0 Å². The van der Waals surface area contributed by atoms with Crippen LogP contribution in [0.25, 0.3) is 0 Å².